The number of hydrogen-bond acceptors (Lipinski definition) is 6. The van der Waals surface area contributed by atoms with Gasteiger partial charge >= 0.3 is 0 Å². The predicted molar refractivity (Wildman–Crippen MR) is 88.0 cm³/mol. The van der Waals surface area contributed by atoms with Crippen molar-refractivity contribution < 1.29 is 19.2 Å². The SMILES string of the molecule is O=C1CCC(N2C(=O)c3ccc(N[C@@H]4CCNC4)cc3C2=O)C(=O)N1. The average Bonchev–Trinajstić information content (AvgIpc) is 3.17. The maximum absolute atomic E-state index is 12.7. The summed E-state index contributed by atoms with van der Waals surface area (Å²) in [5, 5.41) is 8.79. The molecule has 4 rings (SSSR count). The van der Waals surface area contributed by atoms with Crippen molar-refractivity contribution in [3.63, 3.8) is 0 Å². The van der Waals surface area contributed by atoms with Crippen LogP contribution in [0.2, 0.25) is 0 Å². The van der Waals surface area contributed by atoms with E-state index < -0.39 is 23.8 Å². The molecule has 0 spiro atoms. The molecule has 2 fully saturated rings. The Morgan fingerprint density at radius 3 is 2.56 bits per heavy atom. The number of piperidine rings is 1. The molecular weight excluding hydrogens is 324 g/mol. The van der Waals surface area contributed by atoms with Gasteiger partial charge in [0, 0.05) is 24.7 Å². The lowest BCUT2D eigenvalue weighted by molar-refractivity contribution is -0.136. The summed E-state index contributed by atoms with van der Waals surface area (Å²) >= 11 is 0. The first-order chi connectivity index (χ1) is 12.0. The third-order valence-corrected chi connectivity index (χ3v) is 4.87. The van der Waals surface area contributed by atoms with Crippen molar-refractivity contribution in [1.29, 1.82) is 0 Å². The molecule has 8 heteroatoms. The van der Waals surface area contributed by atoms with Crippen molar-refractivity contribution in [2.75, 3.05) is 18.4 Å². The minimum Gasteiger partial charge on any atom is -0.381 e. The monoisotopic (exact) mass is 342 g/mol. The molecule has 25 heavy (non-hydrogen) atoms. The minimum absolute atomic E-state index is 0.116. The van der Waals surface area contributed by atoms with E-state index in [0.717, 1.165) is 30.1 Å². The van der Waals surface area contributed by atoms with Crippen LogP contribution in [0.25, 0.3) is 0 Å². The molecule has 3 aliphatic rings. The van der Waals surface area contributed by atoms with Crippen molar-refractivity contribution in [3.8, 4) is 0 Å². The highest BCUT2D eigenvalue weighted by molar-refractivity contribution is 6.23. The number of carbonyl (C=O) groups excluding carboxylic acids is 4. The molecule has 2 saturated heterocycles. The first-order valence-electron chi connectivity index (χ1n) is 8.37. The molecule has 3 heterocycles. The van der Waals surface area contributed by atoms with Gasteiger partial charge in [-0.2, -0.15) is 0 Å². The van der Waals surface area contributed by atoms with Crippen LogP contribution >= 0.6 is 0 Å². The van der Waals surface area contributed by atoms with Gasteiger partial charge in [-0.1, -0.05) is 0 Å². The molecule has 4 amide bonds. The van der Waals surface area contributed by atoms with Crippen molar-refractivity contribution >= 4 is 29.3 Å². The standard InChI is InChI=1S/C17H18N4O4/c22-14-4-3-13(15(23)20-14)21-16(24)11-2-1-9(7-12(11)17(21)25)19-10-5-6-18-8-10/h1-2,7,10,13,18-19H,3-6,8H2,(H,20,22,23)/t10-,13?/m1/s1. The van der Waals surface area contributed by atoms with E-state index in [0.29, 0.717) is 11.1 Å². The Morgan fingerprint density at radius 2 is 1.84 bits per heavy atom. The zero-order valence-corrected chi connectivity index (χ0v) is 13.5. The van der Waals surface area contributed by atoms with E-state index in [9.17, 15) is 19.2 Å². The van der Waals surface area contributed by atoms with Gasteiger partial charge in [0.15, 0.2) is 0 Å². The fourth-order valence-corrected chi connectivity index (χ4v) is 3.57. The van der Waals surface area contributed by atoms with Crippen molar-refractivity contribution in [2.45, 2.75) is 31.3 Å². The maximum atomic E-state index is 12.7. The number of nitrogens with zero attached hydrogens (tertiary/aromatic N) is 1. The number of anilines is 1. The van der Waals surface area contributed by atoms with Gasteiger partial charge in [0.05, 0.1) is 11.1 Å². The normalized spacial score (nSPS) is 26.0. The summed E-state index contributed by atoms with van der Waals surface area (Å²) in [5.41, 5.74) is 1.37. The second kappa shape index (κ2) is 5.96. The molecule has 130 valence electrons. The van der Waals surface area contributed by atoms with E-state index in [-0.39, 0.29) is 24.8 Å². The molecule has 1 aromatic carbocycles. The molecule has 0 saturated carbocycles. The predicted octanol–water partition coefficient (Wildman–Crippen LogP) is -0.138. The van der Waals surface area contributed by atoms with Crippen molar-refractivity contribution in [1.82, 2.24) is 15.5 Å². The highest BCUT2D eigenvalue weighted by atomic mass is 16.2. The number of rotatable bonds is 3. The van der Waals surface area contributed by atoms with E-state index in [1.54, 1.807) is 18.2 Å². The minimum atomic E-state index is -0.930. The third kappa shape index (κ3) is 2.68. The van der Waals surface area contributed by atoms with Crippen LogP contribution in [0, 0.1) is 0 Å². The smallest absolute Gasteiger partial charge is 0.262 e. The number of nitrogens with one attached hydrogen (secondary N) is 3. The second-order valence-corrected chi connectivity index (χ2v) is 6.54. The summed E-state index contributed by atoms with van der Waals surface area (Å²) in [6.45, 7) is 1.80. The summed E-state index contributed by atoms with van der Waals surface area (Å²) in [6, 6.07) is 4.42. The topological polar surface area (TPSA) is 108 Å². The molecule has 0 aliphatic carbocycles. The van der Waals surface area contributed by atoms with Gasteiger partial charge < -0.3 is 10.6 Å². The van der Waals surface area contributed by atoms with Crippen LogP contribution in [-0.2, 0) is 9.59 Å². The number of amides is 4. The van der Waals surface area contributed by atoms with Crippen LogP contribution in [0.5, 0.6) is 0 Å². The van der Waals surface area contributed by atoms with Gasteiger partial charge in [-0.15, -0.1) is 0 Å². The largest absolute Gasteiger partial charge is 0.381 e. The van der Waals surface area contributed by atoms with Gasteiger partial charge in [0.25, 0.3) is 11.8 Å². The van der Waals surface area contributed by atoms with Crippen LogP contribution in [0.1, 0.15) is 40.0 Å². The van der Waals surface area contributed by atoms with Crippen LogP contribution in [0.3, 0.4) is 0 Å². The van der Waals surface area contributed by atoms with Gasteiger partial charge in [0.1, 0.15) is 6.04 Å². The van der Waals surface area contributed by atoms with Crippen LogP contribution in [-0.4, -0.2) is 53.7 Å². The summed E-state index contributed by atoms with van der Waals surface area (Å²) in [6.07, 6.45) is 1.27. The lowest BCUT2D eigenvalue weighted by Gasteiger charge is -2.27. The van der Waals surface area contributed by atoms with Crippen LogP contribution in [0.15, 0.2) is 18.2 Å². The Morgan fingerprint density at radius 1 is 1.04 bits per heavy atom. The number of fused-ring (bicyclic) bond motifs is 1. The van der Waals surface area contributed by atoms with E-state index in [4.69, 9.17) is 0 Å². The quantitative estimate of drug-likeness (QED) is 0.660. The Hall–Kier alpha value is -2.74. The summed E-state index contributed by atoms with van der Waals surface area (Å²) in [7, 11) is 0. The molecule has 3 aliphatic heterocycles. The first kappa shape index (κ1) is 15.8. The molecule has 3 N–H and O–H groups in total. The fourth-order valence-electron chi connectivity index (χ4n) is 3.57. The Kier molecular flexibility index (Phi) is 3.76. The number of imide groups is 2. The zero-order chi connectivity index (χ0) is 17.6. The molecule has 1 aromatic rings. The Labute approximate surface area is 143 Å². The first-order valence-corrected chi connectivity index (χ1v) is 8.37. The van der Waals surface area contributed by atoms with Crippen LogP contribution in [0.4, 0.5) is 5.69 Å². The number of hydrogen-bond donors (Lipinski definition) is 3. The van der Waals surface area contributed by atoms with Gasteiger partial charge in [-0.3, -0.25) is 29.4 Å². The summed E-state index contributed by atoms with van der Waals surface area (Å²) in [4.78, 5) is 49.6. The fraction of sp³-hybridized carbons (Fsp3) is 0.412. The van der Waals surface area contributed by atoms with Gasteiger partial charge in [-0.25, -0.2) is 0 Å². The molecule has 0 radical (unpaired) electrons. The van der Waals surface area contributed by atoms with Gasteiger partial charge in [-0.05, 0) is 37.6 Å². The molecule has 0 aromatic heterocycles. The maximum Gasteiger partial charge on any atom is 0.262 e. The summed E-state index contributed by atoms with van der Waals surface area (Å²) < 4.78 is 0. The molecule has 2 atom stereocenters. The zero-order valence-electron chi connectivity index (χ0n) is 13.5. The Balaban J connectivity index is 1.58. The Bertz CT molecular complexity index is 785. The number of benzene rings is 1. The van der Waals surface area contributed by atoms with Crippen molar-refractivity contribution in [2.24, 2.45) is 0 Å². The summed E-state index contributed by atoms with van der Waals surface area (Å²) in [5.74, 6) is -1.94. The second-order valence-electron chi connectivity index (χ2n) is 6.54. The van der Waals surface area contributed by atoms with E-state index in [2.05, 4.69) is 16.0 Å². The molecule has 8 nitrogen and oxygen atoms in total. The lowest BCUT2D eigenvalue weighted by Crippen LogP contribution is -2.54. The van der Waals surface area contributed by atoms with Gasteiger partial charge in [0.2, 0.25) is 11.8 Å². The van der Waals surface area contributed by atoms with E-state index in [1.807, 2.05) is 0 Å². The number of carbonyl (C=O) groups is 4. The average molecular weight is 342 g/mol. The van der Waals surface area contributed by atoms with Crippen LogP contribution < -0.4 is 16.0 Å². The molecular formula is C17H18N4O4. The third-order valence-electron chi connectivity index (χ3n) is 4.87. The highest BCUT2D eigenvalue weighted by Gasteiger charge is 2.44. The molecule has 0 bridgehead atoms. The highest BCUT2D eigenvalue weighted by Crippen LogP contribution is 2.29. The van der Waals surface area contributed by atoms with E-state index >= 15 is 0 Å². The van der Waals surface area contributed by atoms with Crippen molar-refractivity contribution in [3.05, 3.63) is 29.3 Å². The van der Waals surface area contributed by atoms with E-state index in [1.165, 1.54) is 0 Å². The molecule has 1 unspecified atom stereocenters. The lowest BCUT2D eigenvalue weighted by atomic mass is 10.0.